The summed E-state index contributed by atoms with van der Waals surface area (Å²) in [6.07, 6.45) is 1.31. The van der Waals surface area contributed by atoms with E-state index in [-0.39, 0.29) is 5.91 Å². The van der Waals surface area contributed by atoms with Crippen molar-refractivity contribution >= 4 is 39.1 Å². The summed E-state index contributed by atoms with van der Waals surface area (Å²) < 4.78 is 6.32. The summed E-state index contributed by atoms with van der Waals surface area (Å²) in [6, 6.07) is 6.05. The molecule has 8 nitrogen and oxygen atoms in total. The van der Waals surface area contributed by atoms with E-state index in [1.807, 2.05) is 0 Å². The molecule has 0 aliphatic rings. The van der Waals surface area contributed by atoms with Gasteiger partial charge in [-0.2, -0.15) is 0 Å². The van der Waals surface area contributed by atoms with Gasteiger partial charge in [-0.1, -0.05) is 0 Å². The van der Waals surface area contributed by atoms with Crippen LogP contribution in [0.5, 0.6) is 5.75 Å². The monoisotopic (exact) mass is 386 g/mol. The van der Waals surface area contributed by atoms with Crippen LogP contribution < -0.4 is 21.3 Å². The number of hydrogen-bond donors (Lipinski definition) is 2. The summed E-state index contributed by atoms with van der Waals surface area (Å²) in [7, 11) is 1.56. The third-order valence-electron chi connectivity index (χ3n) is 4.25. The molecule has 0 bridgehead atoms. The van der Waals surface area contributed by atoms with Crippen molar-refractivity contribution in [2.45, 2.75) is 19.9 Å². The van der Waals surface area contributed by atoms with E-state index in [1.165, 1.54) is 10.9 Å². The molecule has 3 rings (SSSR count). The van der Waals surface area contributed by atoms with Crippen LogP contribution in [-0.2, 0) is 4.79 Å². The van der Waals surface area contributed by atoms with Gasteiger partial charge in [-0.3, -0.25) is 19.0 Å². The number of ether oxygens (including phenoxy) is 1. The van der Waals surface area contributed by atoms with Crippen LogP contribution in [0.1, 0.15) is 28.2 Å². The second kappa shape index (κ2) is 7.20. The molecule has 9 heteroatoms. The van der Waals surface area contributed by atoms with Crippen LogP contribution in [0.25, 0.3) is 10.2 Å². The van der Waals surface area contributed by atoms with Gasteiger partial charge in [0.2, 0.25) is 5.91 Å². The molecule has 0 fully saturated rings. The number of hydrogen-bond acceptors (Lipinski definition) is 6. The third kappa shape index (κ3) is 3.41. The molecule has 140 valence electrons. The first kappa shape index (κ1) is 18.6. The SMILES string of the molecule is COc1ccc(NC(=O)[C@H](C)n2cnc3sc(C(N)=O)c(C)c3c2=O)cc1. The molecule has 2 aromatic heterocycles. The zero-order chi connectivity index (χ0) is 19.7. The van der Waals surface area contributed by atoms with Crippen LogP contribution in [0.2, 0.25) is 0 Å². The lowest BCUT2D eigenvalue weighted by atomic mass is 10.2. The smallest absolute Gasteiger partial charge is 0.263 e. The molecule has 2 amide bonds. The van der Waals surface area contributed by atoms with Gasteiger partial charge in [0, 0.05) is 5.69 Å². The van der Waals surface area contributed by atoms with E-state index >= 15 is 0 Å². The Morgan fingerprint density at radius 3 is 2.56 bits per heavy atom. The minimum absolute atomic E-state index is 0.294. The van der Waals surface area contributed by atoms with Gasteiger partial charge >= 0.3 is 0 Å². The van der Waals surface area contributed by atoms with Gasteiger partial charge in [-0.05, 0) is 43.7 Å². The maximum absolute atomic E-state index is 12.8. The van der Waals surface area contributed by atoms with Crippen LogP contribution in [-0.4, -0.2) is 28.5 Å². The molecule has 0 saturated heterocycles. The number of anilines is 1. The number of aryl methyl sites for hydroxylation is 1. The van der Waals surface area contributed by atoms with Gasteiger partial charge in [0.05, 0.1) is 23.7 Å². The van der Waals surface area contributed by atoms with E-state index in [0.717, 1.165) is 11.3 Å². The Hall–Kier alpha value is -3.20. The molecule has 0 unspecified atom stereocenters. The topological polar surface area (TPSA) is 116 Å². The number of carbonyl (C=O) groups excluding carboxylic acids is 2. The Morgan fingerprint density at radius 2 is 1.96 bits per heavy atom. The van der Waals surface area contributed by atoms with Crippen molar-refractivity contribution in [1.82, 2.24) is 9.55 Å². The Balaban J connectivity index is 1.92. The number of methoxy groups -OCH3 is 1. The van der Waals surface area contributed by atoms with Gasteiger partial charge in [-0.15, -0.1) is 11.3 Å². The van der Waals surface area contributed by atoms with Crippen molar-refractivity contribution in [1.29, 1.82) is 0 Å². The molecular weight excluding hydrogens is 368 g/mol. The van der Waals surface area contributed by atoms with Crippen LogP contribution in [0.3, 0.4) is 0 Å². The van der Waals surface area contributed by atoms with E-state index in [4.69, 9.17) is 10.5 Å². The first-order valence-electron chi connectivity index (χ1n) is 8.08. The molecule has 3 N–H and O–H groups in total. The lowest BCUT2D eigenvalue weighted by Gasteiger charge is -2.15. The Bertz CT molecular complexity index is 1090. The van der Waals surface area contributed by atoms with Crippen molar-refractivity contribution in [3.05, 3.63) is 51.4 Å². The number of nitrogens with one attached hydrogen (secondary N) is 1. The molecule has 3 aromatic rings. The predicted molar refractivity (Wildman–Crippen MR) is 103 cm³/mol. The van der Waals surface area contributed by atoms with Crippen LogP contribution >= 0.6 is 11.3 Å². The number of nitrogens with zero attached hydrogens (tertiary/aromatic N) is 2. The van der Waals surface area contributed by atoms with E-state index < -0.39 is 17.5 Å². The fourth-order valence-electron chi connectivity index (χ4n) is 2.70. The second-order valence-electron chi connectivity index (χ2n) is 5.95. The fourth-order valence-corrected chi connectivity index (χ4v) is 3.69. The average molecular weight is 386 g/mol. The zero-order valence-electron chi connectivity index (χ0n) is 15.0. The summed E-state index contributed by atoms with van der Waals surface area (Å²) in [4.78, 5) is 41.8. The number of carbonyl (C=O) groups is 2. The zero-order valence-corrected chi connectivity index (χ0v) is 15.8. The molecule has 1 atom stereocenters. The first-order valence-corrected chi connectivity index (χ1v) is 8.90. The number of fused-ring (bicyclic) bond motifs is 1. The molecule has 1 aromatic carbocycles. The summed E-state index contributed by atoms with van der Waals surface area (Å²) in [6.45, 7) is 3.25. The number of amides is 2. The largest absolute Gasteiger partial charge is 0.497 e. The molecule has 0 saturated carbocycles. The molecule has 0 spiro atoms. The van der Waals surface area contributed by atoms with Gasteiger partial charge in [0.15, 0.2) is 0 Å². The Kier molecular flexibility index (Phi) is 4.95. The molecule has 0 aliphatic heterocycles. The second-order valence-corrected chi connectivity index (χ2v) is 6.95. The first-order chi connectivity index (χ1) is 12.8. The number of nitrogens with two attached hydrogens (primary N) is 1. The molecular formula is C18H18N4O4S. The maximum Gasteiger partial charge on any atom is 0.263 e. The quantitative estimate of drug-likeness (QED) is 0.696. The number of benzene rings is 1. The Morgan fingerprint density at radius 1 is 1.30 bits per heavy atom. The minimum atomic E-state index is -0.798. The summed E-state index contributed by atoms with van der Waals surface area (Å²) in [5.41, 5.74) is 6.02. The third-order valence-corrected chi connectivity index (χ3v) is 5.47. The van der Waals surface area contributed by atoms with Crippen molar-refractivity contribution in [3.8, 4) is 5.75 Å². The van der Waals surface area contributed by atoms with Gasteiger partial charge in [0.25, 0.3) is 11.5 Å². The average Bonchev–Trinajstić information content (AvgIpc) is 3.00. The molecule has 27 heavy (non-hydrogen) atoms. The van der Waals surface area contributed by atoms with Gasteiger partial charge < -0.3 is 15.8 Å². The Labute approximate surface area is 158 Å². The molecule has 0 radical (unpaired) electrons. The highest BCUT2D eigenvalue weighted by molar-refractivity contribution is 7.20. The molecule has 0 aliphatic carbocycles. The van der Waals surface area contributed by atoms with E-state index in [9.17, 15) is 14.4 Å². The molecule has 2 heterocycles. The van der Waals surface area contributed by atoms with Crippen molar-refractivity contribution in [2.24, 2.45) is 5.73 Å². The maximum atomic E-state index is 12.8. The van der Waals surface area contributed by atoms with Crippen LogP contribution in [0.4, 0.5) is 5.69 Å². The van der Waals surface area contributed by atoms with Crippen molar-refractivity contribution < 1.29 is 14.3 Å². The van der Waals surface area contributed by atoms with Crippen molar-refractivity contribution in [2.75, 3.05) is 12.4 Å². The highest BCUT2D eigenvalue weighted by Gasteiger charge is 2.22. The number of aromatic nitrogens is 2. The highest BCUT2D eigenvalue weighted by atomic mass is 32.1. The number of rotatable bonds is 5. The van der Waals surface area contributed by atoms with E-state index in [0.29, 0.717) is 32.1 Å². The summed E-state index contributed by atoms with van der Waals surface area (Å²) in [5, 5.41) is 3.06. The summed E-state index contributed by atoms with van der Waals surface area (Å²) in [5.74, 6) is -0.303. The summed E-state index contributed by atoms with van der Waals surface area (Å²) >= 11 is 1.07. The fraction of sp³-hybridized carbons (Fsp3) is 0.222. The number of thiophene rings is 1. The van der Waals surface area contributed by atoms with E-state index in [1.54, 1.807) is 45.2 Å². The minimum Gasteiger partial charge on any atom is -0.497 e. The highest BCUT2D eigenvalue weighted by Crippen LogP contribution is 2.26. The van der Waals surface area contributed by atoms with E-state index in [2.05, 4.69) is 10.3 Å². The van der Waals surface area contributed by atoms with Crippen LogP contribution in [0, 0.1) is 6.92 Å². The van der Waals surface area contributed by atoms with Gasteiger partial charge in [0.1, 0.15) is 16.6 Å². The van der Waals surface area contributed by atoms with Crippen molar-refractivity contribution in [3.63, 3.8) is 0 Å². The normalized spacial score (nSPS) is 12.0. The standard InChI is InChI=1S/C18H18N4O4S/c1-9-13-17(27-14(9)15(19)23)20-8-22(18(13)25)10(2)16(24)21-11-4-6-12(26-3)7-5-11/h4-8,10H,1-3H3,(H2,19,23)(H,21,24)/t10-/m0/s1. The number of primary amides is 1. The lowest BCUT2D eigenvalue weighted by molar-refractivity contribution is -0.118. The predicted octanol–water partition coefficient (Wildman–Crippen LogP) is 2.07. The van der Waals surface area contributed by atoms with Gasteiger partial charge in [-0.25, -0.2) is 4.98 Å². The lowest BCUT2D eigenvalue weighted by Crippen LogP contribution is -2.31. The van der Waals surface area contributed by atoms with Crippen LogP contribution in [0.15, 0.2) is 35.4 Å².